The Balaban J connectivity index is 0.00000301. The molecule has 0 fully saturated rings. The van der Waals surface area contributed by atoms with Gasteiger partial charge in [0.25, 0.3) is 0 Å². The van der Waals surface area contributed by atoms with Crippen LogP contribution in [0.3, 0.4) is 0 Å². The lowest BCUT2D eigenvalue weighted by Gasteiger charge is -2.41. The molecule has 42 heavy (non-hydrogen) atoms. The van der Waals surface area contributed by atoms with Crippen molar-refractivity contribution in [2.24, 2.45) is 17.8 Å². The number of thiophene rings is 2. The van der Waals surface area contributed by atoms with E-state index in [0.29, 0.717) is 0 Å². The van der Waals surface area contributed by atoms with Gasteiger partial charge in [-0.05, 0) is 74.9 Å². The molecule has 2 aromatic rings. The van der Waals surface area contributed by atoms with E-state index in [2.05, 4.69) is 78.6 Å². The molecule has 3 heterocycles. The first-order valence-electron chi connectivity index (χ1n) is 17.6. The molecule has 0 saturated heterocycles. The predicted octanol–water partition coefficient (Wildman–Crippen LogP) is 15.6. The van der Waals surface area contributed by atoms with Crippen LogP contribution in [0.4, 0.5) is 0 Å². The van der Waals surface area contributed by atoms with Crippen molar-refractivity contribution in [3.63, 3.8) is 0 Å². The SMILES string of the molecule is CC.CCCCCCCCC(CCCCCC)CC1(CCC(C)CCCC(C)C)Oc2cc(Br)sc2-c2sc(Br)cc21. The van der Waals surface area contributed by atoms with Crippen LogP contribution in [0.2, 0.25) is 0 Å². The molecule has 5 heteroatoms. The Morgan fingerprint density at radius 1 is 0.690 bits per heavy atom. The maximum Gasteiger partial charge on any atom is 0.141 e. The maximum atomic E-state index is 7.26. The molecular formula is C37H62Br2OS2. The van der Waals surface area contributed by atoms with E-state index in [4.69, 9.17) is 4.74 Å². The third kappa shape index (κ3) is 12.5. The van der Waals surface area contributed by atoms with Crippen molar-refractivity contribution in [1.29, 1.82) is 0 Å². The zero-order chi connectivity index (χ0) is 31.0. The molecule has 242 valence electrons. The molecule has 0 aromatic carbocycles. The molecule has 3 rings (SSSR count). The minimum Gasteiger partial charge on any atom is -0.481 e. The summed E-state index contributed by atoms with van der Waals surface area (Å²) in [6, 6.07) is 4.65. The normalized spacial score (nSPS) is 17.3. The highest BCUT2D eigenvalue weighted by molar-refractivity contribution is 9.11. The van der Waals surface area contributed by atoms with Crippen molar-refractivity contribution >= 4 is 54.5 Å². The Morgan fingerprint density at radius 2 is 1.26 bits per heavy atom. The molecule has 1 aliphatic heterocycles. The predicted molar refractivity (Wildman–Crippen MR) is 199 cm³/mol. The first-order valence-corrected chi connectivity index (χ1v) is 20.8. The molecule has 0 aliphatic carbocycles. The summed E-state index contributed by atoms with van der Waals surface area (Å²) < 4.78 is 9.67. The number of hydrogen-bond acceptors (Lipinski definition) is 3. The fraction of sp³-hybridized carbons (Fsp3) is 0.784. The van der Waals surface area contributed by atoms with Crippen LogP contribution in [0.1, 0.15) is 170 Å². The quantitative estimate of drug-likeness (QED) is 0.116. The number of rotatable bonds is 21. The number of unbranched alkanes of at least 4 members (excludes halogenated alkanes) is 8. The number of hydrogen-bond donors (Lipinski definition) is 0. The van der Waals surface area contributed by atoms with Crippen LogP contribution >= 0.6 is 54.5 Å². The highest BCUT2D eigenvalue weighted by Gasteiger charge is 2.44. The lowest BCUT2D eigenvalue weighted by atomic mass is 9.75. The topological polar surface area (TPSA) is 9.23 Å². The summed E-state index contributed by atoms with van der Waals surface area (Å²) in [5, 5.41) is 0. The standard InChI is InChI=1S/C35H56Br2OS2.C2H6/c1-6-8-10-12-13-15-20-28(19-14-11-9-7-2)25-35(22-21-27(5)18-16-17-26(3)4)29-23-31(36)39-33(29)34-30(38-35)24-32(37)40-34;1-2/h23-24,26-28H,6-22,25H2,1-5H3;1-2H3. The molecule has 0 saturated carbocycles. The summed E-state index contributed by atoms with van der Waals surface area (Å²) in [6.07, 6.45) is 24.0. The van der Waals surface area contributed by atoms with E-state index in [9.17, 15) is 0 Å². The Labute approximate surface area is 285 Å². The van der Waals surface area contributed by atoms with Gasteiger partial charge in [-0.3, -0.25) is 0 Å². The number of fused-ring (bicyclic) bond motifs is 3. The largest absolute Gasteiger partial charge is 0.481 e. The van der Waals surface area contributed by atoms with Crippen molar-refractivity contribution in [2.45, 2.75) is 170 Å². The molecule has 3 unspecified atom stereocenters. The average Bonchev–Trinajstić information content (AvgIpc) is 3.54. The first-order chi connectivity index (χ1) is 20.3. The lowest BCUT2D eigenvalue weighted by Crippen LogP contribution is -2.38. The fourth-order valence-corrected chi connectivity index (χ4v) is 9.88. The monoisotopic (exact) mass is 744 g/mol. The molecule has 0 spiro atoms. The van der Waals surface area contributed by atoms with E-state index in [1.807, 2.05) is 36.5 Å². The van der Waals surface area contributed by atoms with Gasteiger partial charge < -0.3 is 4.74 Å². The van der Waals surface area contributed by atoms with E-state index in [0.717, 1.165) is 36.3 Å². The summed E-state index contributed by atoms with van der Waals surface area (Å²) in [7, 11) is 0. The summed E-state index contributed by atoms with van der Waals surface area (Å²) in [6.45, 7) is 15.8. The number of halogens is 2. The van der Waals surface area contributed by atoms with Gasteiger partial charge in [0.05, 0.1) is 17.3 Å². The summed E-state index contributed by atoms with van der Waals surface area (Å²) in [5.74, 6) is 3.38. The third-order valence-electron chi connectivity index (χ3n) is 8.94. The minimum atomic E-state index is -0.213. The molecule has 0 radical (unpaired) electrons. The van der Waals surface area contributed by atoms with E-state index < -0.39 is 0 Å². The van der Waals surface area contributed by atoms with E-state index in [-0.39, 0.29) is 5.60 Å². The van der Waals surface area contributed by atoms with Crippen LogP contribution in [0.25, 0.3) is 9.75 Å². The van der Waals surface area contributed by atoms with Crippen LogP contribution in [0.15, 0.2) is 19.7 Å². The second kappa shape index (κ2) is 21.0. The maximum absolute atomic E-state index is 7.26. The van der Waals surface area contributed by atoms with Gasteiger partial charge in [-0.2, -0.15) is 0 Å². The van der Waals surface area contributed by atoms with Gasteiger partial charge in [-0.25, -0.2) is 0 Å². The molecule has 2 aromatic heterocycles. The first kappa shape index (κ1) is 38.3. The van der Waals surface area contributed by atoms with E-state index in [1.54, 1.807) is 0 Å². The molecule has 0 bridgehead atoms. The van der Waals surface area contributed by atoms with Gasteiger partial charge in [0.2, 0.25) is 0 Å². The molecule has 0 amide bonds. The van der Waals surface area contributed by atoms with Crippen LogP contribution in [-0.2, 0) is 5.60 Å². The second-order valence-corrected chi connectivity index (χ2v) is 17.9. The molecule has 1 nitrogen and oxygen atoms in total. The molecule has 1 aliphatic rings. The van der Waals surface area contributed by atoms with Crippen LogP contribution < -0.4 is 4.74 Å². The Kier molecular flexibility index (Phi) is 19.2. The summed E-state index contributed by atoms with van der Waals surface area (Å²) >= 11 is 11.4. The Hall–Kier alpha value is 0.160. The van der Waals surface area contributed by atoms with Gasteiger partial charge in [0.1, 0.15) is 11.4 Å². The highest BCUT2D eigenvalue weighted by atomic mass is 79.9. The zero-order valence-corrected chi connectivity index (χ0v) is 32.9. The summed E-state index contributed by atoms with van der Waals surface area (Å²) in [5.41, 5.74) is 1.25. The van der Waals surface area contributed by atoms with Crippen molar-refractivity contribution in [3.05, 3.63) is 25.3 Å². The van der Waals surface area contributed by atoms with Gasteiger partial charge in [0.15, 0.2) is 0 Å². The molecular weight excluding hydrogens is 684 g/mol. The number of ether oxygens (including phenoxy) is 1. The van der Waals surface area contributed by atoms with Gasteiger partial charge >= 0.3 is 0 Å². The lowest BCUT2D eigenvalue weighted by molar-refractivity contribution is 0.0186. The Morgan fingerprint density at radius 3 is 1.90 bits per heavy atom. The van der Waals surface area contributed by atoms with Crippen molar-refractivity contribution in [2.75, 3.05) is 0 Å². The highest BCUT2D eigenvalue weighted by Crippen LogP contribution is 2.57. The van der Waals surface area contributed by atoms with Crippen molar-refractivity contribution in [3.8, 4) is 15.5 Å². The van der Waals surface area contributed by atoms with Gasteiger partial charge in [-0.15, -0.1) is 22.7 Å². The fourth-order valence-electron chi connectivity index (χ4n) is 6.54. The van der Waals surface area contributed by atoms with Crippen LogP contribution in [0.5, 0.6) is 5.75 Å². The van der Waals surface area contributed by atoms with Gasteiger partial charge in [-0.1, -0.05) is 145 Å². The van der Waals surface area contributed by atoms with E-state index in [1.165, 1.54) is 126 Å². The van der Waals surface area contributed by atoms with Crippen molar-refractivity contribution in [1.82, 2.24) is 0 Å². The molecule has 3 atom stereocenters. The minimum absolute atomic E-state index is 0.213. The van der Waals surface area contributed by atoms with Crippen molar-refractivity contribution < 1.29 is 4.74 Å². The Bertz CT molecular complexity index is 981. The van der Waals surface area contributed by atoms with Crippen LogP contribution in [0, 0.1) is 17.8 Å². The third-order valence-corrected chi connectivity index (χ3v) is 12.4. The second-order valence-electron chi connectivity index (χ2n) is 13.1. The molecule has 0 N–H and O–H groups in total. The smallest absolute Gasteiger partial charge is 0.141 e. The van der Waals surface area contributed by atoms with Crippen LogP contribution in [-0.4, -0.2) is 0 Å². The van der Waals surface area contributed by atoms with E-state index >= 15 is 0 Å². The van der Waals surface area contributed by atoms with Gasteiger partial charge in [0, 0.05) is 11.6 Å². The summed E-state index contributed by atoms with van der Waals surface area (Å²) in [4.78, 5) is 2.76. The zero-order valence-electron chi connectivity index (χ0n) is 28.1. The average molecular weight is 747 g/mol.